The van der Waals surface area contributed by atoms with Crippen LogP contribution in [0.4, 0.5) is 0 Å². The molecule has 1 saturated carbocycles. The number of benzene rings is 1. The summed E-state index contributed by atoms with van der Waals surface area (Å²) in [4.78, 5) is 25.3. The molecule has 1 aromatic carbocycles. The van der Waals surface area contributed by atoms with Gasteiger partial charge in [-0.25, -0.2) is 9.48 Å². The average Bonchev–Trinajstić information content (AvgIpc) is 3.23. The van der Waals surface area contributed by atoms with Gasteiger partial charge in [0.05, 0.1) is 17.4 Å². The normalized spacial score (nSPS) is 15.2. The minimum absolute atomic E-state index is 0.00693. The zero-order valence-electron chi connectivity index (χ0n) is 12.5. The van der Waals surface area contributed by atoms with E-state index in [1.165, 1.54) is 18.0 Å². The highest BCUT2D eigenvalue weighted by Crippen LogP contribution is 2.30. The molecule has 0 radical (unpaired) electrons. The van der Waals surface area contributed by atoms with Crippen LogP contribution < -0.4 is 0 Å². The molecule has 2 aromatic rings. The molecule has 1 amide bonds. The Morgan fingerprint density at radius 2 is 2.00 bits per heavy atom. The predicted octanol–water partition coefficient (Wildman–Crippen LogP) is 2.60. The first-order chi connectivity index (χ1) is 11.0. The lowest BCUT2D eigenvalue weighted by atomic mass is 10.2. The topological polar surface area (TPSA) is 75.4 Å². The Hall–Kier alpha value is -2.34. The summed E-state index contributed by atoms with van der Waals surface area (Å²) in [5.41, 5.74) is 1.15. The Bertz CT molecular complexity index is 737. The Balaban J connectivity index is 1.85. The van der Waals surface area contributed by atoms with Crippen molar-refractivity contribution < 1.29 is 14.7 Å². The molecule has 1 heterocycles. The summed E-state index contributed by atoms with van der Waals surface area (Å²) in [5, 5.41) is 14.0. The summed E-state index contributed by atoms with van der Waals surface area (Å²) in [6, 6.07) is 6.22. The molecule has 23 heavy (non-hydrogen) atoms. The van der Waals surface area contributed by atoms with Crippen molar-refractivity contribution >= 4 is 23.5 Å². The van der Waals surface area contributed by atoms with Crippen LogP contribution in [0.15, 0.2) is 36.7 Å². The smallest absolute Gasteiger partial charge is 0.326 e. The number of carbonyl (C=O) groups excluding carboxylic acids is 1. The fourth-order valence-electron chi connectivity index (χ4n) is 2.45. The summed E-state index contributed by atoms with van der Waals surface area (Å²) in [6.07, 6.45) is 4.75. The third-order valence-corrected chi connectivity index (χ3v) is 4.12. The minimum Gasteiger partial charge on any atom is -0.480 e. The van der Waals surface area contributed by atoms with Crippen LogP contribution in [0.1, 0.15) is 30.1 Å². The third kappa shape index (κ3) is 3.22. The first kappa shape index (κ1) is 15.6. The number of hydrogen-bond acceptors (Lipinski definition) is 3. The maximum absolute atomic E-state index is 12.7. The quantitative estimate of drug-likeness (QED) is 0.912. The van der Waals surface area contributed by atoms with Crippen LogP contribution in [-0.4, -0.2) is 43.7 Å². The molecule has 1 unspecified atom stereocenters. The lowest BCUT2D eigenvalue weighted by molar-refractivity contribution is -0.141. The number of nitrogens with zero attached hydrogens (tertiary/aromatic N) is 3. The number of aliphatic carboxylic acids is 1. The van der Waals surface area contributed by atoms with Gasteiger partial charge in [-0.3, -0.25) is 4.79 Å². The number of carboxylic acid groups (broad SMARTS) is 1. The number of carbonyl (C=O) groups is 2. The summed E-state index contributed by atoms with van der Waals surface area (Å²) in [6.45, 7) is 1.53. The van der Waals surface area contributed by atoms with Crippen molar-refractivity contribution in [2.24, 2.45) is 0 Å². The van der Waals surface area contributed by atoms with Crippen LogP contribution in [0, 0.1) is 0 Å². The zero-order valence-corrected chi connectivity index (χ0v) is 13.3. The van der Waals surface area contributed by atoms with Crippen LogP contribution in [-0.2, 0) is 4.79 Å². The van der Waals surface area contributed by atoms with Crippen molar-refractivity contribution in [1.82, 2.24) is 14.7 Å². The van der Waals surface area contributed by atoms with E-state index in [1.807, 2.05) is 0 Å². The predicted molar refractivity (Wildman–Crippen MR) is 84.9 cm³/mol. The number of halogens is 1. The van der Waals surface area contributed by atoms with E-state index in [4.69, 9.17) is 11.6 Å². The van der Waals surface area contributed by atoms with Gasteiger partial charge in [-0.15, -0.1) is 0 Å². The maximum atomic E-state index is 12.7. The Kier molecular flexibility index (Phi) is 4.09. The molecule has 0 spiro atoms. The molecule has 1 N–H and O–H groups in total. The van der Waals surface area contributed by atoms with Gasteiger partial charge in [-0.05, 0) is 44.0 Å². The molecule has 0 saturated heterocycles. The summed E-state index contributed by atoms with van der Waals surface area (Å²) >= 11 is 5.86. The van der Waals surface area contributed by atoms with E-state index in [2.05, 4.69) is 5.10 Å². The highest BCUT2D eigenvalue weighted by molar-refractivity contribution is 6.30. The van der Waals surface area contributed by atoms with Crippen LogP contribution in [0.3, 0.4) is 0 Å². The molecule has 1 atom stereocenters. The minimum atomic E-state index is -1.00. The summed E-state index contributed by atoms with van der Waals surface area (Å²) < 4.78 is 1.57. The lowest BCUT2D eigenvalue weighted by Crippen LogP contribution is -2.44. The summed E-state index contributed by atoms with van der Waals surface area (Å²) in [5.74, 6) is -1.31. The van der Waals surface area contributed by atoms with E-state index in [0.29, 0.717) is 10.6 Å². The van der Waals surface area contributed by atoms with Gasteiger partial charge >= 0.3 is 5.97 Å². The fourth-order valence-corrected chi connectivity index (χ4v) is 2.57. The third-order valence-electron chi connectivity index (χ3n) is 3.87. The van der Waals surface area contributed by atoms with E-state index in [9.17, 15) is 14.7 Å². The Morgan fingerprint density at radius 3 is 2.57 bits per heavy atom. The van der Waals surface area contributed by atoms with Gasteiger partial charge in [0.25, 0.3) is 5.91 Å². The van der Waals surface area contributed by atoms with Crippen LogP contribution >= 0.6 is 11.6 Å². The standard InChI is InChI=1S/C16H16ClN3O3/c1-10(16(22)23)20(14-6-7-14)15(21)11-8-18-19(9-11)13-4-2-12(17)3-5-13/h2-5,8-10,14H,6-7H2,1H3,(H,22,23). The van der Waals surface area contributed by atoms with E-state index >= 15 is 0 Å². The molecule has 120 valence electrons. The second-order valence-electron chi connectivity index (χ2n) is 5.61. The van der Waals surface area contributed by atoms with Gasteiger partial charge in [0.15, 0.2) is 0 Å². The van der Waals surface area contributed by atoms with Gasteiger partial charge in [0, 0.05) is 17.3 Å². The SMILES string of the molecule is CC(C(=O)O)N(C(=O)c1cnn(-c2ccc(Cl)cc2)c1)C1CC1. The summed E-state index contributed by atoms with van der Waals surface area (Å²) in [7, 11) is 0. The van der Waals surface area contributed by atoms with E-state index in [-0.39, 0.29) is 11.9 Å². The van der Waals surface area contributed by atoms with Crippen LogP contribution in [0.25, 0.3) is 5.69 Å². The van der Waals surface area contributed by atoms with Crippen molar-refractivity contribution in [2.75, 3.05) is 0 Å². The number of amides is 1. The zero-order chi connectivity index (χ0) is 16.6. The van der Waals surface area contributed by atoms with Crippen molar-refractivity contribution in [1.29, 1.82) is 0 Å². The number of carboxylic acids is 1. The molecule has 1 aliphatic rings. The van der Waals surface area contributed by atoms with Crippen molar-refractivity contribution in [3.8, 4) is 5.69 Å². The molecule has 1 aromatic heterocycles. The van der Waals surface area contributed by atoms with Crippen molar-refractivity contribution in [3.63, 3.8) is 0 Å². The highest BCUT2D eigenvalue weighted by atomic mass is 35.5. The average molecular weight is 334 g/mol. The number of hydrogen-bond donors (Lipinski definition) is 1. The molecule has 1 aliphatic carbocycles. The molecule has 3 rings (SSSR count). The van der Waals surface area contributed by atoms with Gasteiger partial charge < -0.3 is 10.0 Å². The molecular formula is C16H16ClN3O3. The van der Waals surface area contributed by atoms with Crippen LogP contribution in [0.2, 0.25) is 5.02 Å². The second-order valence-corrected chi connectivity index (χ2v) is 6.04. The lowest BCUT2D eigenvalue weighted by Gasteiger charge is -2.25. The fraction of sp³-hybridized carbons (Fsp3) is 0.312. The van der Waals surface area contributed by atoms with Gasteiger partial charge in [-0.1, -0.05) is 11.6 Å². The Morgan fingerprint density at radius 1 is 1.35 bits per heavy atom. The molecule has 0 bridgehead atoms. The largest absolute Gasteiger partial charge is 0.480 e. The number of rotatable bonds is 5. The van der Waals surface area contributed by atoms with Crippen LogP contribution in [0.5, 0.6) is 0 Å². The van der Waals surface area contributed by atoms with E-state index in [0.717, 1.165) is 18.5 Å². The second kappa shape index (κ2) is 6.04. The molecule has 7 heteroatoms. The first-order valence-electron chi connectivity index (χ1n) is 7.33. The Labute approximate surface area is 138 Å². The number of aromatic nitrogens is 2. The molecule has 1 fully saturated rings. The maximum Gasteiger partial charge on any atom is 0.326 e. The molecule has 6 nitrogen and oxygen atoms in total. The van der Waals surface area contributed by atoms with Gasteiger partial charge in [-0.2, -0.15) is 5.10 Å². The highest BCUT2D eigenvalue weighted by Gasteiger charge is 2.39. The molecular weight excluding hydrogens is 318 g/mol. The molecule has 0 aliphatic heterocycles. The van der Waals surface area contributed by atoms with E-state index < -0.39 is 12.0 Å². The first-order valence-corrected chi connectivity index (χ1v) is 7.71. The van der Waals surface area contributed by atoms with Gasteiger partial charge in [0.2, 0.25) is 0 Å². The van der Waals surface area contributed by atoms with E-state index in [1.54, 1.807) is 35.1 Å². The monoisotopic (exact) mass is 333 g/mol. The van der Waals surface area contributed by atoms with Crippen molar-refractivity contribution in [2.45, 2.75) is 31.8 Å². The van der Waals surface area contributed by atoms with Crippen molar-refractivity contribution in [3.05, 3.63) is 47.2 Å². The van der Waals surface area contributed by atoms with Gasteiger partial charge in [0.1, 0.15) is 6.04 Å².